The number of furan rings is 1. The van der Waals surface area contributed by atoms with Gasteiger partial charge in [-0.15, -0.1) is 0 Å². The fourth-order valence-corrected chi connectivity index (χ4v) is 1.44. The minimum atomic E-state index is -0.988. The van der Waals surface area contributed by atoms with Crippen molar-refractivity contribution in [2.75, 3.05) is 5.32 Å². The Hall–Kier alpha value is -2.30. The summed E-state index contributed by atoms with van der Waals surface area (Å²) >= 11 is 0. The van der Waals surface area contributed by atoms with Gasteiger partial charge in [0.1, 0.15) is 12.0 Å². The van der Waals surface area contributed by atoms with Crippen LogP contribution in [0.25, 0.3) is 0 Å². The molecular formula is C12H12N2O3. The number of anilines is 1. The number of nitrogens with zero attached hydrogens (tertiary/aromatic N) is 1. The predicted octanol–water partition coefficient (Wildman–Crippen LogP) is 2.29. The molecule has 0 radical (unpaired) electrons. The van der Waals surface area contributed by atoms with Gasteiger partial charge in [-0.3, -0.25) is 4.98 Å². The molecule has 0 aliphatic rings. The summed E-state index contributed by atoms with van der Waals surface area (Å²) in [5, 5.41) is 11.9. The maximum atomic E-state index is 10.7. The van der Waals surface area contributed by atoms with E-state index in [-0.39, 0.29) is 5.56 Å². The molecule has 5 heteroatoms. The van der Waals surface area contributed by atoms with Crippen LogP contribution in [0.3, 0.4) is 0 Å². The van der Waals surface area contributed by atoms with Crippen molar-refractivity contribution in [3.8, 4) is 0 Å². The molecule has 2 aromatic heterocycles. The SMILES string of the molecule is Cc1ncccc1NCc1cc(C(=O)O)co1. The van der Waals surface area contributed by atoms with Crippen LogP contribution in [0.2, 0.25) is 0 Å². The maximum absolute atomic E-state index is 10.7. The Labute approximate surface area is 98.1 Å². The summed E-state index contributed by atoms with van der Waals surface area (Å²) < 4.78 is 5.12. The highest BCUT2D eigenvalue weighted by atomic mass is 16.4. The van der Waals surface area contributed by atoms with Crippen molar-refractivity contribution in [2.24, 2.45) is 0 Å². The van der Waals surface area contributed by atoms with E-state index in [1.807, 2.05) is 19.1 Å². The summed E-state index contributed by atoms with van der Waals surface area (Å²) in [6.07, 6.45) is 2.95. The highest BCUT2D eigenvalue weighted by molar-refractivity contribution is 5.87. The van der Waals surface area contributed by atoms with Crippen LogP contribution in [0, 0.1) is 6.92 Å². The van der Waals surface area contributed by atoms with Gasteiger partial charge in [0.15, 0.2) is 0 Å². The second kappa shape index (κ2) is 4.69. The number of carbonyl (C=O) groups is 1. The zero-order valence-electron chi connectivity index (χ0n) is 9.30. The highest BCUT2D eigenvalue weighted by Crippen LogP contribution is 2.14. The zero-order valence-corrected chi connectivity index (χ0v) is 9.30. The van der Waals surface area contributed by atoms with Crippen LogP contribution in [0.5, 0.6) is 0 Å². The smallest absolute Gasteiger partial charge is 0.338 e. The number of carboxylic acids is 1. The normalized spacial score (nSPS) is 10.2. The van der Waals surface area contributed by atoms with E-state index in [0.717, 1.165) is 11.4 Å². The van der Waals surface area contributed by atoms with E-state index in [4.69, 9.17) is 9.52 Å². The quantitative estimate of drug-likeness (QED) is 0.845. The van der Waals surface area contributed by atoms with Gasteiger partial charge in [-0.25, -0.2) is 4.79 Å². The molecule has 0 fully saturated rings. The molecule has 0 atom stereocenters. The minimum Gasteiger partial charge on any atom is -0.478 e. The number of aromatic nitrogens is 1. The summed E-state index contributed by atoms with van der Waals surface area (Å²) in [4.78, 5) is 14.8. The molecule has 0 bridgehead atoms. The second-order valence-electron chi connectivity index (χ2n) is 3.60. The number of pyridine rings is 1. The van der Waals surface area contributed by atoms with Gasteiger partial charge < -0.3 is 14.8 Å². The van der Waals surface area contributed by atoms with Crippen LogP contribution in [0.15, 0.2) is 35.1 Å². The molecule has 0 saturated carbocycles. The van der Waals surface area contributed by atoms with Crippen molar-refractivity contribution in [1.29, 1.82) is 0 Å². The largest absolute Gasteiger partial charge is 0.478 e. The van der Waals surface area contributed by atoms with Gasteiger partial charge >= 0.3 is 5.97 Å². The second-order valence-corrected chi connectivity index (χ2v) is 3.60. The minimum absolute atomic E-state index is 0.157. The van der Waals surface area contributed by atoms with Gasteiger partial charge in [0, 0.05) is 6.20 Å². The Bertz CT molecular complexity index is 534. The third-order valence-corrected chi connectivity index (χ3v) is 2.36. The Balaban J connectivity index is 2.02. The average molecular weight is 232 g/mol. The van der Waals surface area contributed by atoms with Crippen LogP contribution in [0.4, 0.5) is 5.69 Å². The van der Waals surface area contributed by atoms with E-state index in [0.29, 0.717) is 12.3 Å². The molecule has 88 valence electrons. The van der Waals surface area contributed by atoms with E-state index in [2.05, 4.69) is 10.3 Å². The van der Waals surface area contributed by atoms with Gasteiger partial charge in [0.25, 0.3) is 0 Å². The Morgan fingerprint density at radius 3 is 3.06 bits per heavy atom. The van der Waals surface area contributed by atoms with E-state index in [1.165, 1.54) is 12.3 Å². The Morgan fingerprint density at radius 2 is 2.41 bits per heavy atom. The fraction of sp³-hybridized carbons (Fsp3) is 0.167. The molecule has 0 spiro atoms. The van der Waals surface area contributed by atoms with Crippen LogP contribution in [-0.2, 0) is 6.54 Å². The van der Waals surface area contributed by atoms with Crippen LogP contribution >= 0.6 is 0 Å². The molecule has 17 heavy (non-hydrogen) atoms. The van der Waals surface area contributed by atoms with Crippen molar-refractivity contribution < 1.29 is 14.3 Å². The van der Waals surface area contributed by atoms with E-state index >= 15 is 0 Å². The highest BCUT2D eigenvalue weighted by Gasteiger charge is 2.08. The first-order chi connectivity index (χ1) is 8.16. The van der Waals surface area contributed by atoms with Gasteiger partial charge in [-0.05, 0) is 25.1 Å². The Kier molecular flexibility index (Phi) is 3.09. The number of hydrogen-bond donors (Lipinski definition) is 2. The summed E-state index contributed by atoms with van der Waals surface area (Å²) in [6, 6.07) is 5.24. The van der Waals surface area contributed by atoms with Gasteiger partial charge in [-0.2, -0.15) is 0 Å². The molecule has 0 unspecified atom stereocenters. The maximum Gasteiger partial charge on any atom is 0.338 e. The third kappa shape index (κ3) is 2.63. The summed E-state index contributed by atoms with van der Waals surface area (Å²) in [6.45, 7) is 2.33. The van der Waals surface area contributed by atoms with Crippen LogP contribution in [0.1, 0.15) is 21.8 Å². The van der Waals surface area contributed by atoms with E-state index in [1.54, 1.807) is 6.20 Å². The van der Waals surface area contributed by atoms with E-state index in [9.17, 15) is 4.79 Å². The Morgan fingerprint density at radius 1 is 1.59 bits per heavy atom. The first kappa shape index (κ1) is 11.2. The predicted molar refractivity (Wildman–Crippen MR) is 62.0 cm³/mol. The number of nitrogens with one attached hydrogen (secondary N) is 1. The van der Waals surface area contributed by atoms with Gasteiger partial charge in [0.05, 0.1) is 23.5 Å². The average Bonchev–Trinajstić information content (AvgIpc) is 2.77. The molecule has 5 nitrogen and oxygen atoms in total. The molecule has 2 aromatic rings. The standard InChI is InChI=1S/C12H12N2O3/c1-8-11(3-2-4-13-8)14-6-10-5-9(7-17-10)12(15)16/h2-5,7,14H,6H2,1H3,(H,15,16). The number of aromatic carboxylic acids is 1. The summed E-state index contributed by atoms with van der Waals surface area (Å²) in [7, 11) is 0. The topological polar surface area (TPSA) is 75.4 Å². The van der Waals surface area contributed by atoms with Crippen molar-refractivity contribution in [3.63, 3.8) is 0 Å². The van der Waals surface area contributed by atoms with Crippen LogP contribution in [-0.4, -0.2) is 16.1 Å². The van der Waals surface area contributed by atoms with Crippen molar-refractivity contribution >= 4 is 11.7 Å². The van der Waals surface area contributed by atoms with Gasteiger partial charge in [-0.1, -0.05) is 0 Å². The van der Waals surface area contributed by atoms with E-state index < -0.39 is 5.97 Å². The molecule has 0 aliphatic heterocycles. The number of rotatable bonds is 4. The molecule has 2 rings (SSSR count). The lowest BCUT2D eigenvalue weighted by Gasteiger charge is -2.06. The zero-order chi connectivity index (χ0) is 12.3. The molecular weight excluding hydrogens is 220 g/mol. The lowest BCUT2D eigenvalue weighted by molar-refractivity contribution is 0.0696. The monoisotopic (exact) mass is 232 g/mol. The fourth-order valence-electron chi connectivity index (χ4n) is 1.44. The van der Waals surface area contributed by atoms with Crippen molar-refractivity contribution in [3.05, 3.63) is 47.7 Å². The third-order valence-electron chi connectivity index (χ3n) is 2.36. The van der Waals surface area contributed by atoms with Crippen molar-refractivity contribution in [1.82, 2.24) is 4.98 Å². The first-order valence-electron chi connectivity index (χ1n) is 5.13. The number of carboxylic acid groups (broad SMARTS) is 1. The van der Waals surface area contributed by atoms with Crippen molar-refractivity contribution in [2.45, 2.75) is 13.5 Å². The molecule has 0 aliphatic carbocycles. The van der Waals surface area contributed by atoms with Gasteiger partial charge in [0.2, 0.25) is 0 Å². The number of aryl methyl sites for hydroxylation is 1. The summed E-state index contributed by atoms with van der Waals surface area (Å²) in [5.74, 6) is -0.414. The lowest BCUT2D eigenvalue weighted by atomic mass is 10.3. The molecule has 2 N–H and O–H groups in total. The molecule has 2 heterocycles. The van der Waals surface area contributed by atoms with Crippen LogP contribution < -0.4 is 5.32 Å². The molecule has 0 saturated heterocycles. The lowest BCUT2D eigenvalue weighted by Crippen LogP contribution is -2.01. The summed E-state index contributed by atoms with van der Waals surface area (Å²) in [5.41, 5.74) is 1.95. The first-order valence-corrected chi connectivity index (χ1v) is 5.13. The molecule has 0 aromatic carbocycles. The number of hydrogen-bond acceptors (Lipinski definition) is 4. The molecule has 0 amide bonds.